The Morgan fingerprint density at radius 2 is 1.84 bits per heavy atom. The predicted molar refractivity (Wildman–Crippen MR) is 127 cm³/mol. The lowest BCUT2D eigenvalue weighted by atomic mass is 10.1. The molecule has 9 heteroatoms. The molecule has 0 unspecified atom stereocenters. The van der Waals surface area contributed by atoms with Crippen molar-refractivity contribution < 1.29 is 18.0 Å². The van der Waals surface area contributed by atoms with Crippen LogP contribution in [0, 0.1) is 13.8 Å². The topological polar surface area (TPSA) is 86.8 Å². The summed E-state index contributed by atoms with van der Waals surface area (Å²) >= 11 is 1.36. The fraction of sp³-hybridized carbons (Fsp3) is 0.391. The van der Waals surface area contributed by atoms with E-state index in [-0.39, 0.29) is 29.0 Å². The standard InChI is InChI=1S/C23H27N3O4S2/c1-16-7-6-8-19(17(16)2)24-22(27)14-26-20-13-18(9-10-21(20)31-15-23(26)28)32(29,30)25-11-4-3-5-12-25/h6-10,13H,3-5,11-12,14-15H2,1-2H3,(H,24,27). The fourth-order valence-electron chi connectivity index (χ4n) is 3.99. The maximum Gasteiger partial charge on any atom is 0.244 e. The maximum absolute atomic E-state index is 13.1. The Balaban J connectivity index is 1.59. The monoisotopic (exact) mass is 473 g/mol. The second kappa shape index (κ2) is 9.25. The molecule has 170 valence electrons. The molecule has 2 heterocycles. The van der Waals surface area contributed by atoms with E-state index in [1.54, 1.807) is 12.1 Å². The highest BCUT2D eigenvalue weighted by molar-refractivity contribution is 8.00. The minimum absolute atomic E-state index is 0.161. The molecule has 2 aliphatic heterocycles. The minimum Gasteiger partial charge on any atom is -0.324 e. The Hall–Kier alpha value is -2.36. The third-order valence-electron chi connectivity index (χ3n) is 6.01. The van der Waals surface area contributed by atoms with Gasteiger partial charge in [0, 0.05) is 23.7 Å². The zero-order valence-corrected chi connectivity index (χ0v) is 19.9. The van der Waals surface area contributed by atoms with E-state index >= 15 is 0 Å². The van der Waals surface area contributed by atoms with Crippen LogP contribution in [0.2, 0.25) is 0 Å². The molecule has 0 atom stereocenters. The summed E-state index contributed by atoms with van der Waals surface area (Å²) < 4.78 is 27.8. The molecule has 1 fully saturated rings. The number of rotatable bonds is 5. The summed E-state index contributed by atoms with van der Waals surface area (Å²) in [5.74, 6) is -0.331. The van der Waals surface area contributed by atoms with Crippen molar-refractivity contribution in [3.63, 3.8) is 0 Å². The number of hydrogen-bond acceptors (Lipinski definition) is 5. The number of carbonyl (C=O) groups excluding carboxylic acids is 2. The summed E-state index contributed by atoms with van der Waals surface area (Å²) in [7, 11) is -3.64. The molecule has 2 aliphatic rings. The van der Waals surface area contributed by atoms with Crippen LogP contribution in [0.1, 0.15) is 30.4 Å². The van der Waals surface area contributed by atoms with Crippen molar-refractivity contribution in [1.82, 2.24) is 4.31 Å². The molecule has 32 heavy (non-hydrogen) atoms. The predicted octanol–water partition coefficient (Wildman–Crippen LogP) is 3.56. The number of aryl methyl sites for hydroxylation is 1. The Kier molecular flexibility index (Phi) is 6.60. The van der Waals surface area contributed by atoms with Crippen LogP contribution in [0.3, 0.4) is 0 Å². The molecule has 1 saturated heterocycles. The van der Waals surface area contributed by atoms with Gasteiger partial charge in [0.15, 0.2) is 0 Å². The lowest BCUT2D eigenvalue weighted by molar-refractivity contribution is -0.120. The Bertz CT molecular complexity index is 1160. The van der Waals surface area contributed by atoms with Crippen molar-refractivity contribution in [2.45, 2.75) is 42.9 Å². The van der Waals surface area contributed by atoms with Gasteiger partial charge in [-0.25, -0.2) is 8.42 Å². The van der Waals surface area contributed by atoms with Crippen LogP contribution >= 0.6 is 11.8 Å². The van der Waals surface area contributed by atoms with Gasteiger partial charge in [0.05, 0.1) is 16.3 Å². The van der Waals surface area contributed by atoms with E-state index in [1.165, 1.54) is 27.0 Å². The lowest BCUT2D eigenvalue weighted by Crippen LogP contribution is -2.41. The first-order valence-electron chi connectivity index (χ1n) is 10.7. The molecule has 0 aliphatic carbocycles. The Morgan fingerprint density at radius 1 is 1.09 bits per heavy atom. The third kappa shape index (κ3) is 4.55. The molecule has 2 aromatic rings. The highest BCUT2D eigenvalue weighted by Crippen LogP contribution is 2.37. The normalized spacial score (nSPS) is 17.2. The highest BCUT2D eigenvalue weighted by Gasteiger charge is 2.31. The van der Waals surface area contributed by atoms with Gasteiger partial charge in [-0.1, -0.05) is 18.6 Å². The summed E-state index contributed by atoms with van der Waals surface area (Å²) in [4.78, 5) is 27.8. The molecule has 0 saturated carbocycles. The number of piperidine rings is 1. The van der Waals surface area contributed by atoms with Gasteiger partial charge < -0.3 is 10.2 Å². The van der Waals surface area contributed by atoms with Crippen molar-refractivity contribution in [2.24, 2.45) is 0 Å². The number of sulfonamides is 1. The molecule has 4 rings (SSSR count). The number of nitrogens with zero attached hydrogens (tertiary/aromatic N) is 2. The molecule has 2 aromatic carbocycles. The van der Waals surface area contributed by atoms with Crippen molar-refractivity contribution in [3.8, 4) is 0 Å². The minimum atomic E-state index is -3.64. The van der Waals surface area contributed by atoms with Crippen LogP contribution in [0.5, 0.6) is 0 Å². The van der Waals surface area contributed by atoms with E-state index in [0.29, 0.717) is 24.5 Å². The lowest BCUT2D eigenvalue weighted by Gasteiger charge is -2.30. The van der Waals surface area contributed by atoms with Gasteiger partial charge in [-0.15, -0.1) is 11.8 Å². The van der Waals surface area contributed by atoms with Crippen molar-refractivity contribution in [3.05, 3.63) is 47.5 Å². The quantitative estimate of drug-likeness (QED) is 0.718. The number of thioether (sulfide) groups is 1. The molecule has 1 N–H and O–H groups in total. The maximum atomic E-state index is 13.1. The van der Waals surface area contributed by atoms with Gasteiger partial charge in [0.2, 0.25) is 21.8 Å². The summed E-state index contributed by atoms with van der Waals surface area (Å²) in [5.41, 5.74) is 3.21. The summed E-state index contributed by atoms with van der Waals surface area (Å²) in [6.07, 6.45) is 2.73. The summed E-state index contributed by atoms with van der Waals surface area (Å²) in [6.45, 7) is 4.74. The zero-order valence-electron chi connectivity index (χ0n) is 18.3. The molecule has 0 radical (unpaired) electrons. The summed E-state index contributed by atoms with van der Waals surface area (Å²) in [5, 5.41) is 2.88. The van der Waals surface area contributed by atoms with E-state index in [4.69, 9.17) is 0 Å². The first-order valence-corrected chi connectivity index (χ1v) is 13.1. The number of carbonyl (C=O) groups is 2. The van der Waals surface area contributed by atoms with Crippen molar-refractivity contribution >= 4 is 45.0 Å². The largest absolute Gasteiger partial charge is 0.324 e. The van der Waals surface area contributed by atoms with E-state index in [9.17, 15) is 18.0 Å². The van der Waals surface area contributed by atoms with Gasteiger partial charge in [0.1, 0.15) is 6.54 Å². The van der Waals surface area contributed by atoms with Crippen molar-refractivity contribution in [2.75, 3.05) is 35.6 Å². The van der Waals surface area contributed by atoms with Crippen LogP contribution in [-0.4, -0.2) is 49.9 Å². The molecule has 0 spiro atoms. The third-order valence-corrected chi connectivity index (χ3v) is 8.95. The molecule has 0 aromatic heterocycles. The molecule has 0 bridgehead atoms. The van der Waals surface area contributed by atoms with Crippen LogP contribution in [-0.2, 0) is 19.6 Å². The number of fused-ring (bicyclic) bond motifs is 1. The second-order valence-electron chi connectivity index (χ2n) is 8.16. The smallest absolute Gasteiger partial charge is 0.244 e. The first-order chi connectivity index (χ1) is 15.3. The summed E-state index contributed by atoms with van der Waals surface area (Å²) in [6, 6.07) is 10.5. The van der Waals surface area contributed by atoms with E-state index in [2.05, 4.69) is 5.32 Å². The highest BCUT2D eigenvalue weighted by atomic mass is 32.2. The van der Waals surface area contributed by atoms with E-state index < -0.39 is 10.0 Å². The first kappa shape index (κ1) is 22.8. The molecular formula is C23H27N3O4S2. The number of amides is 2. The SMILES string of the molecule is Cc1cccc(NC(=O)CN2C(=O)CSc3ccc(S(=O)(=O)N4CCCCC4)cc32)c1C. The van der Waals surface area contributed by atoms with Crippen LogP contribution in [0.15, 0.2) is 46.2 Å². The Morgan fingerprint density at radius 3 is 2.59 bits per heavy atom. The van der Waals surface area contributed by atoms with Crippen LogP contribution < -0.4 is 10.2 Å². The number of hydrogen-bond donors (Lipinski definition) is 1. The Labute approximate surface area is 193 Å². The zero-order chi connectivity index (χ0) is 22.9. The molecule has 2 amide bonds. The molecular weight excluding hydrogens is 446 g/mol. The van der Waals surface area contributed by atoms with Gasteiger partial charge in [0.25, 0.3) is 0 Å². The van der Waals surface area contributed by atoms with Gasteiger partial charge in [-0.2, -0.15) is 4.31 Å². The van der Waals surface area contributed by atoms with E-state index in [0.717, 1.165) is 35.3 Å². The van der Waals surface area contributed by atoms with Crippen LogP contribution in [0.25, 0.3) is 0 Å². The molecule has 7 nitrogen and oxygen atoms in total. The van der Waals surface area contributed by atoms with Gasteiger partial charge in [-0.3, -0.25) is 9.59 Å². The average molecular weight is 474 g/mol. The van der Waals surface area contributed by atoms with Crippen molar-refractivity contribution in [1.29, 1.82) is 0 Å². The van der Waals surface area contributed by atoms with E-state index in [1.807, 2.05) is 32.0 Å². The average Bonchev–Trinajstić information content (AvgIpc) is 2.79. The second-order valence-corrected chi connectivity index (χ2v) is 11.1. The number of anilines is 2. The van der Waals surface area contributed by atoms with Gasteiger partial charge in [-0.05, 0) is 62.1 Å². The van der Waals surface area contributed by atoms with Crippen LogP contribution in [0.4, 0.5) is 11.4 Å². The van der Waals surface area contributed by atoms with Gasteiger partial charge >= 0.3 is 0 Å². The fourth-order valence-corrected chi connectivity index (χ4v) is 6.44. The number of benzene rings is 2. The number of nitrogens with one attached hydrogen (secondary N) is 1.